The molecule has 0 fully saturated rings. The van der Waals surface area contributed by atoms with Crippen molar-refractivity contribution in [2.75, 3.05) is 11.9 Å². The summed E-state index contributed by atoms with van der Waals surface area (Å²) in [6.45, 7) is 0. The fourth-order valence-corrected chi connectivity index (χ4v) is 1.54. The maximum Gasteiger partial charge on any atom is 0.412 e. The van der Waals surface area contributed by atoms with Crippen molar-refractivity contribution in [2.24, 2.45) is 0 Å². The minimum Gasteiger partial charge on any atom is -0.465 e. The Hall–Kier alpha value is -1.63. The van der Waals surface area contributed by atoms with Crippen LogP contribution in [0.4, 0.5) is 10.6 Å². The van der Waals surface area contributed by atoms with E-state index >= 15 is 0 Å². The number of halogens is 1. The van der Waals surface area contributed by atoms with Gasteiger partial charge in [-0.25, -0.2) is 9.78 Å². The first-order chi connectivity index (χ1) is 7.09. The lowest BCUT2D eigenvalue weighted by Gasteiger charge is -2.10. The zero-order valence-electron chi connectivity index (χ0n) is 7.73. The molecule has 2 N–H and O–H groups in total. The Balaban J connectivity index is 2.52. The molecule has 0 saturated carbocycles. The molecule has 0 atom stereocenters. The first-order valence-corrected chi connectivity index (χ1v) is 4.85. The molecule has 0 aliphatic carbocycles. The number of hydrogen-bond acceptors (Lipinski definition) is 3. The van der Waals surface area contributed by atoms with Gasteiger partial charge in [0.25, 0.3) is 0 Å². The molecule has 78 valence electrons. The van der Waals surface area contributed by atoms with E-state index in [0.29, 0.717) is 11.3 Å². The summed E-state index contributed by atoms with van der Waals surface area (Å²) in [5, 5.41) is 16.3. The molecule has 6 nitrogen and oxygen atoms in total. The smallest absolute Gasteiger partial charge is 0.412 e. The number of pyridine rings is 1. The fraction of sp³-hybridized carbons (Fsp3) is 0.125. The third kappa shape index (κ3) is 1.65. The van der Waals surface area contributed by atoms with Crippen LogP contribution in [-0.2, 0) is 0 Å². The molecular formula is C8H7BrN4O2. The predicted molar refractivity (Wildman–Crippen MR) is 58.0 cm³/mol. The van der Waals surface area contributed by atoms with E-state index in [0.717, 1.165) is 14.9 Å². The summed E-state index contributed by atoms with van der Waals surface area (Å²) in [4.78, 5) is 15.7. The van der Waals surface area contributed by atoms with E-state index < -0.39 is 6.09 Å². The number of amides is 1. The molecule has 2 rings (SSSR count). The van der Waals surface area contributed by atoms with Gasteiger partial charge in [0.2, 0.25) is 0 Å². The van der Waals surface area contributed by atoms with E-state index in [4.69, 9.17) is 5.11 Å². The van der Waals surface area contributed by atoms with Gasteiger partial charge in [-0.2, -0.15) is 5.10 Å². The van der Waals surface area contributed by atoms with Gasteiger partial charge in [0.1, 0.15) is 10.4 Å². The summed E-state index contributed by atoms with van der Waals surface area (Å²) in [5.41, 5.74) is 0.667. The molecule has 15 heavy (non-hydrogen) atoms. The zero-order chi connectivity index (χ0) is 11.0. The monoisotopic (exact) mass is 270 g/mol. The number of H-pyrrole nitrogens is 1. The summed E-state index contributed by atoms with van der Waals surface area (Å²) in [7, 11) is 1.43. The summed E-state index contributed by atoms with van der Waals surface area (Å²) < 4.78 is 0.731. The van der Waals surface area contributed by atoms with Gasteiger partial charge in [-0.15, -0.1) is 0 Å². The molecular weight excluding hydrogens is 264 g/mol. The van der Waals surface area contributed by atoms with Crippen LogP contribution in [0.15, 0.2) is 16.9 Å². The molecule has 0 bridgehead atoms. The SMILES string of the molecule is CN(C(=O)O)c1cc2n[nH]c(Br)c2cn1. The number of anilines is 1. The van der Waals surface area contributed by atoms with E-state index in [1.54, 1.807) is 12.3 Å². The van der Waals surface area contributed by atoms with E-state index in [9.17, 15) is 4.79 Å². The third-order valence-electron chi connectivity index (χ3n) is 2.01. The molecule has 0 spiro atoms. The number of aromatic amines is 1. The molecule has 2 aromatic heterocycles. The number of nitrogens with one attached hydrogen (secondary N) is 1. The lowest BCUT2D eigenvalue weighted by molar-refractivity contribution is 0.203. The highest BCUT2D eigenvalue weighted by molar-refractivity contribution is 9.10. The molecule has 2 aromatic rings. The minimum absolute atomic E-state index is 0.342. The van der Waals surface area contributed by atoms with Crippen molar-refractivity contribution in [3.63, 3.8) is 0 Å². The van der Waals surface area contributed by atoms with E-state index in [2.05, 4.69) is 31.1 Å². The molecule has 0 saturated heterocycles. The van der Waals surface area contributed by atoms with E-state index in [1.807, 2.05) is 0 Å². The third-order valence-corrected chi connectivity index (χ3v) is 2.61. The van der Waals surface area contributed by atoms with Gasteiger partial charge in [-0.05, 0) is 15.9 Å². The van der Waals surface area contributed by atoms with Gasteiger partial charge in [-0.1, -0.05) is 0 Å². The van der Waals surface area contributed by atoms with E-state index in [1.165, 1.54) is 7.05 Å². The first-order valence-electron chi connectivity index (χ1n) is 4.06. The van der Waals surface area contributed by atoms with Crippen LogP contribution < -0.4 is 4.90 Å². The van der Waals surface area contributed by atoms with Gasteiger partial charge >= 0.3 is 6.09 Å². The van der Waals surface area contributed by atoms with Gasteiger partial charge in [0.15, 0.2) is 0 Å². The van der Waals surface area contributed by atoms with Crippen LogP contribution in [-0.4, -0.2) is 33.4 Å². The number of fused-ring (bicyclic) bond motifs is 1. The number of carboxylic acid groups (broad SMARTS) is 1. The normalized spacial score (nSPS) is 10.5. The van der Waals surface area contributed by atoms with Crippen molar-refractivity contribution in [1.29, 1.82) is 0 Å². The highest BCUT2D eigenvalue weighted by Crippen LogP contribution is 2.22. The van der Waals surface area contributed by atoms with Gasteiger partial charge in [0, 0.05) is 19.3 Å². The number of hydrogen-bond donors (Lipinski definition) is 2. The van der Waals surface area contributed by atoms with Crippen LogP contribution in [0.1, 0.15) is 0 Å². The average molecular weight is 271 g/mol. The van der Waals surface area contributed by atoms with Crippen LogP contribution in [0, 0.1) is 0 Å². The van der Waals surface area contributed by atoms with Crippen molar-refractivity contribution in [3.8, 4) is 0 Å². The van der Waals surface area contributed by atoms with Crippen LogP contribution in [0.5, 0.6) is 0 Å². The standard InChI is InChI=1S/C8H7BrN4O2/c1-13(8(14)15)6-2-5-4(3-10-6)7(9)12-11-5/h2-3H,1H3,(H,11,12)(H,14,15). The maximum absolute atomic E-state index is 10.7. The van der Waals surface area contributed by atoms with Crippen molar-refractivity contribution in [1.82, 2.24) is 15.2 Å². The molecule has 7 heteroatoms. The number of aromatic nitrogens is 3. The summed E-state index contributed by atoms with van der Waals surface area (Å²) in [6, 6.07) is 1.60. The first kappa shape index (κ1) is 9.91. The highest BCUT2D eigenvalue weighted by Gasteiger charge is 2.12. The topological polar surface area (TPSA) is 82.1 Å². The molecule has 1 amide bonds. The molecule has 0 aliphatic rings. The Morgan fingerprint density at radius 3 is 3.07 bits per heavy atom. The Morgan fingerprint density at radius 1 is 1.67 bits per heavy atom. The van der Waals surface area contributed by atoms with Crippen molar-refractivity contribution < 1.29 is 9.90 Å². The zero-order valence-corrected chi connectivity index (χ0v) is 9.32. The lowest BCUT2D eigenvalue weighted by atomic mass is 10.3. The van der Waals surface area contributed by atoms with Crippen molar-refractivity contribution in [3.05, 3.63) is 16.9 Å². The predicted octanol–water partition coefficient (Wildman–Crippen LogP) is 1.83. The molecule has 0 aliphatic heterocycles. The fourth-order valence-electron chi connectivity index (χ4n) is 1.15. The summed E-state index contributed by atoms with van der Waals surface area (Å²) >= 11 is 3.27. The van der Waals surface area contributed by atoms with Crippen molar-refractivity contribution >= 4 is 38.7 Å². The Kier molecular flexibility index (Phi) is 2.31. The largest absolute Gasteiger partial charge is 0.465 e. The summed E-state index contributed by atoms with van der Waals surface area (Å²) in [5.74, 6) is 0.342. The molecule has 0 unspecified atom stereocenters. The second-order valence-electron chi connectivity index (χ2n) is 2.94. The van der Waals surface area contributed by atoms with Crippen LogP contribution >= 0.6 is 15.9 Å². The summed E-state index contributed by atoms with van der Waals surface area (Å²) in [6.07, 6.45) is 0.508. The van der Waals surface area contributed by atoms with Crippen molar-refractivity contribution in [2.45, 2.75) is 0 Å². The second-order valence-corrected chi connectivity index (χ2v) is 3.73. The van der Waals surface area contributed by atoms with Gasteiger partial charge in [-0.3, -0.25) is 10.00 Å². The van der Waals surface area contributed by atoms with Crippen LogP contribution in [0.2, 0.25) is 0 Å². The Morgan fingerprint density at radius 2 is 2.40 bits per heavy atom. The Labute approximate surface area is 93.0 Å². The second kappa shape index (κ2) is 3.50. The van der Waals surface area contributed by atoms with Crippen LogP contribution in [0.3, 0.4) is 0 Å². The maximum atomic E-state index is 10.7. The number of rotatable bonds is 1. The number of nitrogens with zero attached hydrogens (tertiary/aromatic N) is 3. The number of carbonyl (C=O) groups is 1. The molecule has 2 heterocycles. The van der Waals surface area contributed by atoms with Crippen LogP contribution in [0.25, 0.3) is 10.9 Å². The lowest BCUT2D eigenvalue weighted by Crippen LogP contribution is -2.24. The Bertz CT molecular complexity index is 524. The van der Waals surface area contributed by atoms with Gasteiger partial charge < -0.3 is 5.11 Å². The van der Waals surface area contributed by atoms with Gasteiger partial charge in [0.05, 0.1) is 10.9 Å². The quantitative estimate of drug-likeness (QED) is 0.829. The van der Waals surface area contributed by atoms with E-state index in [-0.39, 0.29) is 0 Å². The highest BCUT2D eigenvalue weighted by atomic mass is 79.9. The molecule has 0 aromatic carbocycles. The minimum atomic E-state index is -1.06. The molecule has 0 radical (unpaired) electrons. The average Bonchev–Trinajstić information content (AvgIpc) is 2.59.